The van der Waals surface area contributed by atoms with E-state index in [4.69, 9.17) is 9.84 Å². The zero-order chi connectivity index (χ0) is 13.9. The number of nitrogens with one attached hydrogen (secondary N) is 1. The van der Waals surface area contributed by atoms with Crippen LogP contribution in [0.1, 0.15) is 20.8 Å². The molecular formula is C12H19NO5. The fraction of sp³-hybridized carbons (Fsp3) is 0.667. The molecule has 0 fully saturated rings. The summed E-state index contributed by atoms with van der Waals surface area (Å²) in [5.74, 6) is -1.65. The van der Waals surface area contributed by atoms with Gasteiger partial charge in [-0.2, -0.15) is 0 Å². The summed E-state index contributed by atoms with van der Waals surface area (Å²) in [6.07, 6.45) is -0.462. The summed E-state index contributed by atoms with van der Waals surface area (Å²) in [6, 6.07) is -0.540. The van der Waals surface area contributed by atoms with Gasteiger partial charge in [0.1, 0.15) is 12.2 Å². The second kappa shape index (κ2) is 5.97. The van der Waals surface area contributed by atoms with E-state index in [9.17, 15) is 14.7 Å². The number of carboxylic acid groups (broad SMARTS) is 1. The average Bonchev–Trinajstić information content (AvgIpc) is 2.27. The molecule has 6 nitrogen and oxygen atoms in total. The van der Waals surface area contributed by atoms with E-state index in [1.165, 1.54) is 13.0 Å². The maximum absolute atomic E-state index is 11.1. The van der Waals surface area contributed by atoms with E-state index < -0.39 is 24.2 Å². The van der Waals surface area contributed by atoms with Crippen LogP contribution in [0, 0.1) is 5.92 Å². The van der Waals surface area contributed by atoms with Crippen LogP contribution >= 0.6 is 0 Å². The summed E-state index contributed by atoms with van der Waals surface area (Å²) >= 11 is 0. The minimum atomic E-state index is -1.11. The monoisotopic (exact) mass is 257 g/mol. The number of hydrogen-bond acceptors (Lipinski definition) is 4. The van der Waals surface area contributed by atoms with E-state index >= 15 is 0 Å². The van der Waals surface area contributed by atoms with E-state index in [0.717, 1.165) is 0 Å². The minimum absolute atomic E-state index is 0.0402. The summed E-state index contributed by atoms with van der Waals surface area (Å²) in [5.41, 5.74) is 0.0402. The molecule has 0 bridgehead atoms. The molecule has 0 spiro atoms. The van der Waals surface area contributed by atoms with Crippen molar-refractivity contribution in [2.75, 3.05) is 6.61 Å². The number of aliphatic hydroxyl groups is 1. The molecule has 6 heteroatoms. The first-order chi connectivity index (χ1) is 8.38. The zero-order valence-corrected chi connectivity index (χ0v) is 10.7. The van der Waals surface area contributed by atoms with Crippen LogP contribution in [0.3, 0.4) is 0 Å². The Morgan fingerprint density at radius 2 is 2.11 bits per heavy atom. The molecule has 18 heavy (non-hydrogen) atoms. The van der Waals surface area contributed by atoms with Crippen molar-refractivity contribution >= 4 is 11.9 Å². The summed E-state index contributed by atoms with van der Waals surface area (Å²) in [7, 11) is 0. The molecule has 0 aromatic heterocycles. The molecule has 1 aliphatic carbocycles. The van der Waals surface area contributed by atoms with Crippen molar-refractivity contribution in [2.24, 2.45) is 5.92 Å². The number of carbonyl (C=O) groups is 2. The summed E-state index contributed by atoms with van der Waals surface area (Å²) in [5, 5.41) is 21.9. The molecule has 1 aliphatic rings. The lowest BCUT2D eigenvalue weighted by molar-refractivity contribution is -0.137. The Bertz CT molecular complexity index is 365. The molecule has 4 atom stereocenters. The highest BCUT2D eigenvalue weighted by atomic mass is 16.5. The predicted molar refractivity (Wildman–Crippen MR) is 63.9 cm³/mol. The van der Waals surface area contributed by atoms with Gasteiger partial charge in [-0.15, -0.1) is 0 Å². The topological polar surface area (TPSA) is 95.9 Å². The van der Waals surface area contributed by atoms with E-state index in [1.807, 2.05) is 0 Å². The molecule has 0 aromatic carbocycles. The Kier molecular flexibility index (Phi) is 4.86. The van der Waals surface area contributed by atoms with Gasteiger partial charge in [0.05, 0.1) is 11.6 Å². The highest BCUT2D eigenvalue weighted by Crippen LogP contribution is 2.26. The quantitative estimate of drug-likeness (QED) is 0.654. The number of carboxylic acids is 1. The number of aliphatic carboxylic acids is 1. The Balaban J connectivity index is 3.02. The smallest absolute Gasteiger partial charge is 0.334 e. The SMILES string of the molecule is CCOC1C(C(=O)O)=C[C@@H](C)[C@H](NC(C)=O)[C@@H]1O. The lowest BCUT2D eigenvalue weighted by atomic mass is 9.82. The maximum Gasteiger partial charge on any atom is 0.334 e. The third kappa shape index (κ3) is 3.08. The highest BCUT2D eigenvalue weighted by Gasteiger charge is 2.40. The Morgan fingerprint density at radius 1 is 1.50 bits per heavy atom. The van der Waals surface area contributed by atoms with E-state index in [0.29, 0.717) is 0 Å². The molecule has 102 valence electrons. The third-order valence-corrected chi connectivity index (χ3v) is 2.96. The Hall–Kier alpha value is -1.40. The van der Waals surface area contributed by atoms with E-state index in [2.05, 4.69) is 5.32 Å². The van der Waals surface area contributed by atoms with Crippen molar-refractivity contribution in [1.82, 2.24) is 5.32 Å². The molecule has 0 aliphatic heterocycles. The normalized spacial score (nSPS) is 31.7. The van der Waals surface area contributed by atoms with Gasteiger partial charge in [0, 0.05) is 13.5 Å². The standard InChI is InChI=1S/C12H19NO5/c1-4-18-11-8(12(16)17)5-6(2)9(10(11)15)13-7(3)14/h5-6,9-11,15H,4H2,1-3H3,(H,13,14)(H,16,17)/t6-,9+,10+,11?/m1/s1. The fourth-order valence-electron chi connectivity index (χ4n) is 2.18. The van der Waals surface area contributed by atoms with Gasteiger partial charge in [0.15, 0.2) is 0 Å². The summed E-state index contributed by atoms with van der Waals surface area (Å²) in [6.45, 7) is 5.10. The average molecular weight is 257 g/mol. The third-order valence-electron chi connectivity index (χ3n) is 2.96. The molecule has 0 aromatic rings. The van der Waals surface area contributed by atoms with Gasteiger partial charge < -0.3 is 20.3 Å². The van der Waals surface area contributed by atoms with Gasteiger partial charge in [0.25, 0.3) is 0 Å². The number of ether oxygens (including phenoxy) is 1. The van der Waals surface area contributed by atoms with E-state index in [1.54, 1.807) is 13.8 Å². The molecule has 3 N–H and O–H groups in total. The van der Waals surface area contributed by atoms with Crippen molar-refractivity contribution in [3.8, 4) is 0 Å². The van der Waals surface area contributed by atoms with Crippen LogP contribution in [0.4, 0.5) is 0 Å². The number of hydrogen-bond donors (Lipinski definition) is 3. The minimum Gasteiger partial charge on any atom is -0.478 e. The first-order valence-corrected chi connectivity index (χ1v) is 5.90. The van der Waals surface area contributed by atoms with Crippen LogP contribution in [-0.4, -0.2) is 46.9 Å². The largest absolute Gasteiger partial charge is 0.478 e. The van der Waals surface area contributed by atoms with Crippen LogP contribution in [0.15, 0.2) is 11.6 Å². The van der Waals surface area contributed by atoms with Gasteiger partial charge in [-0.05, 0) is 12.8 Å². The molecule has 1 unspecified atom stereocenters. The second-order valence-electron chi connectivity index (χ2n) is 4.38. The number of amides is 1. The van der Waals surface area contributed by atoms with Gasteiger partial charge in [-0.1, -0.05) is 13.0 Å². The predicted octanol–water partition coefficient (Wildman–Crippen LogP) is -0.0822. The second-order valence-corrected chi connectivity index (χ2v) is 4.38. The zero-order valence-electron chi connectivity index (χ0n) is 10.7. The van der Waals surface area contributed by atoms with E-state index in [-0.39, 0.29) is 24.0 Å². The molecule has 0 radical (unpaired) electrons. The van der Waals surface area contributed by atoms with Gasteiger partial charge in [0.2, 0.25) is 5.91 Å². The molecule has 0 heterocycles. The van der Waals surface area contributed by atoms with Gasteiger partial charge in [-0.3, -0.25) is 4.79 Å². The number of rotatable bonds is 4. The highest BCUT2D eigenvalue weighted by molar-refractivity contribution is 5.88. The van der Waals surface area contributed by atoms with Crippen LogP contribution in [0.2, 0.25) is 0 Å². The van der Waals surface area contributed by atoms with Crippen LogP contribution in [0.5, 0.6) is 0 Å². The van der Waals surface area contributed by atoms with Crippen molar-refractivity contribution in [3.63, 3.8) is 0 Å². The lowest BCUT2D eigenvalue weighted by Crippen LogP contribution is -2.55. The number of carbonyl (C=O) groups excluding carboxylic acids is 1. The summed E-state index contributed by atoms with van der Waals surface area (Å²) in [4.78, 5) is 22.2. The van der Waals surface area contributed by atoms with Crippen molar-refractivity contribution in [2.45, 2.75) is 39.0 Å². The molecule has 0 saturated carbocycles. The molecule has 1 rings (SSSR count). The van der Waals surface area contributed by atoms with Gasteiger partial charge in [-0.25, -0.2) is 4.79 Å². The maximum atomic E-state index is 11.1. The first kappa shape index (κ1) is 14.7. The van der Waals surface area contributed by atoms with Crippen LogP contribution in [0.25, 0.3) is 0 Å². The molecule has 0 saturated heterocycles. The first-order valence-electron chi connectivity index (χ1n) is 5.90. The Labute approximate surface area is 106 Å². The lowest BCUT2D eigenvalue weighted by Gasteiger charge is -2.37. The number of aliphatic hydroxyl groups excluding tert-OH is 1. The van der Waals surface area contributed by atoms with Crippen molar-refractivity contribution < 1.29 is 24.5 Å². The van der Waals surface area contributed by atoms with Crippen molar-refractivity contribution in [3.05, 3.63) is 11.6 Å². The van der Waals surface area contributed by atoms with Crippen LogP contribution < -0.4 is 5.32 Å². The van der Waals surface area contributed by atoms with Crippen molar-refractivity contribution in [1.29, 1.82) is 0 Å². The Morgan fingerprint density at radius 3 is 2.56 bits per heavy atom. The molecular weight excluding hydrogens is 238 g/mol. The fourth-order valence-corrected chi connectivity index (χ4v) is 2.18. The molecule has 1 amide bonds. The van der Waals surface area contributed by atoms with Gasteiger partial charge >= 0.3 is 5.97 Å². The summed E-state index contributed by atoms with van der Waals surface area (Å²) < 4.78 is 5.28. The van der Waals surface area contributed by atoms with Crippen LogP contribution in [-0.2, 0) is 14.3 Å².